The first-order valence-electron chi connectivity index (χ1n) is 7.08. The Morgan fingerprint density at radius 3 is 2.81 bits per heavy atom. The Bertz CT molecular complexity index is 668. The average molecular weight is 282 g/mol. The van der Waals surface area contributed by atoms with E-state index in [4.69, 9.17) is 10.5 Å². The van der Waals surface area contributed by atoms with Crippen molar-refractivity contribution in [2.24, 2.45) is 5.73 Å². The van der Waals surface area contributed by atoms with Crippen LogP contribution < -0.4 is 15.8 Å². The lowest BCUT2D eigenvalue weighted by Crippen LogP contribution is -2.18. The van der Waals surface area contributed by atoms with Gasteiger partial charge in [-0.2, -0.15) is 0 Å². The Balaban J connectivity index is 1.69. The predicted octanol–water partition coefficient (Wildman–Crippen LogP) is 2.61. The van der Waals surface area contributed by atoms with Gasteiger partial charge in [-0.3, -0.25) is 4.79 Å². The number of anilines is 1. The average Bonchev–Trinajstić information content (AvgIpc) is 2.53. The fourth-order valence-corrected chi connectivity index (χ4v) is 2.46. The van der Waals surface area contributed by atoms with E-state index in [1.165, 1.54) is 0 Å². The van der Waals surface area contributed by atoms with Crippen molar-refractivity contribution in [3.63, 3.8) is 0 Å². The highest BCUT2D eigenvalue weighted by atomic mass is 16.5. The maximum absolute atomic E-state index is 11.3. The monoisotopic (exact) mass is 282 g/mol. The zero-order valence-corrected chi connectivity index (χ0v) is 11.8. The molecule has 0 aromatic heterocycles. The zero-order valence-electron chi connectivity index (χ0n) is 11.8. The molecule has 0 spiro atoms. The van der Waals surface area contributed by atoms with Gasteiger partial charge in [0.25, 0.3) is 0 Å². The third-order valence-corrected chi connectivity index (χ3v) is 3.60. The third kappa shape index (κ3) is 3.23. The number of carbonyl (C=O) groups excluding carboxylic acids is 1. The van der Waals surface area contributed by atoms with Crippen LogP contribution in [0.3, 0.4) is 0 Å². The number of hydrogen-bond acceptors (Lipinski definition) is 3. The minimum Gasteiger partial charge on any atom is -0.489 e. The van der Waals surface area contributed by atoms with Gasteiger partial charge in [0.05, 0.1) is 0 Å². The van der Waals surface area contributed by atoms with Crippen molar-refractivity contribution in [3.05, 3.63) is 59.2 Å². The van der Waals surface area contributed by atoms with E-state index in [1.807, 2.05) is 36.4 Å². The maximum atomic E-state index is 11.3. The van der Waals surface area contributed by atoms with Crippen LogP contribution in [0.1, 0.15) is 23.1 Å². The number of rotatable bonds is 4. The van der Waals surface area contributed by atoms with Crippen molar-refractivity contribution >= 4 is 11.6 Å². The Hall–Kier alpha value is -2.33. The molecule has 4 nitrogen and oxygen atoms in total. The molecular formula is C17H18N2O2. The number of hydrogen-bond donors (Lipinski definition) is 2. The van der Waals surface area contributed by atoms with E-state index >= 15 is 0 Å². The van der Waals surface area contributed by atoms with E-state index in [2.05, 4.69) is 11.4 Å². The Morgan fingerprint density at radius 1 is 1.10 bits per heavy atom. The summed E-state index contributed by atoms with van der Waals surface area (Å²) in [6.07, 6.45) is 1.30. The van der Waals surface area contributed by atoms with Crippen molar-refractivity contribution in [2.45, 2.75) is 26.0 Å². The van der Waals surface area contributed by atoms with Gasteiger partial charge in [-0.05, 0) is 41.3 Å². The van der Waals surface area contributed by atoms with Gasteiger partial charge in [-0.15, -0.1) is 0 Å². The molecule has 0 aliphatic carbocycles. The Labute approximate surface area is 123 Å². The van der Waals surface area contributed by atoms with Gasteiger partial charge in [0.15, 0.2) is 0 Å². The van der Waals surface area contributed by atoms with E-state index < -0.39 is 0 Å². The lowest BCUT2D eigenvalue weighted by molar-refractivity contribution is -0.116. The number of amides is 1. The van der Waals surface area contributed by atoms with Crippen LogP contribution in [0.15, 0.2) is 42.5 Å². The van der Waals surface area contributed by atoms with Gasteiger partial charge in [-0.25, -0.2) is 0 Å². The van der Waals surface area contributed by atoms with Gasteiger partial charge in [0, 0.05) is 18.7 Å². The first-order valence-corrected chi connectivity index (χ1v) is 7.08. The van der Waals surface area contributed by atoms with Crippen LogP contribution in [-0.4, -0.2) is 5.91 Å². The largest absolute Gasteiger partial charge is 0.489 e. The van der Waals surface area contributed by atoms with Crippen molar-refractivity contribution in [3.8, 4) is 5.75 Å². The molecule has 4 heteroatoms. The van der Waals surface area contributed by atoms with E-state index in [0.29, 0.717) is 19.6 Å². The fraction of sp³-hybridized carbons (Fsp3) is 0.235. The third-order valence-electron chi connectivity index (χ3n) is 3.60. The number of ether oxygens (including phenoxy) is 1. The van der Waals surface area contributed by atoms with Crippen LogP contribution in [0.2, 0.25) is 0 Å². The molecule has 0 atom stereocenters. The molecule has 3 rings (SSSR count). The molecule has 21 heavy (non-hydrogen) atoms. The highest BCUT2D eigenvalue weighted by Crippen LogP contribution is 2.27. The number of benzene rings is 2. The minimum absolute atomic E-state index is 0.0785. The first-order chi connectivity index (χ1) is 10.2. The van der Waals surface area contributed by atoms with Gasteiger partial charge in [0.1, 0.15) is 12.4 Å². The first kappa shape index (κ1) is 13.6. The second-order valence-electron chi connectivity index (χ2n) is 5.18. The standard InChI is InChI=1S/C17H18N2O2/c18-10-12-2-1-3-13(8-12)11-21-15-5-6-16-14(9-15)4-7-17(20)19-16/h1-3,5-6,8-9H,4,7,10-11,18H2,(H,19,20). The summed E-state index contributed by atoms with van der Waals surface area (Å²) in [7, 11) is 0. The van der Waals surface area contributed by atoms with Crippen molar-refractivity contribution in [1.29, 1.82) is 0 Å². The van der Waals surface area contributed by atoms with Crippen molar-refractivity contribution < 1.29 is 9.53 Å². The van der Waals surface area contributed by atoms with Crippen LogP contribution in [0.4, 0.5) is 5.69 Å². The Morgan fingerprint density at radius 2 is 1.95 bits per heavy atom. The molecule has 1 amide bonds. The normalized spacial score (nSPS) is 13.5. The molecule has 0 bridgehead atoms. The molecule has 0 unspecified atom stereocenters. The van der Waals surface area contributed by atoms with Gasteiger partial charge in [0.2, 0.25) is 5.91 Å². The summed E-state index contributed by atoms with van der Waals surface area (Å²) in [6, 6.07) is 13.9. The molecule has 0 fully saturated rings. The summed E-state index contributed by atoms with van der Waals surface area (Å²) in [5, 5.41) is 2.87. The topological polar surface area (TPSA) is 64.3 Å². The van der Waals surface area contributed by atoms with Crippen molar-refractivity contribution in [2.75, 3.05) is 5.32 Å². The second-order valence-corrected chi connectivity index (χ2v) is 5.18. The summed E-state index contributed by atoms with van der Waals surface area (Å²) in [4.78, 5) is 11.3. The lowest BCUT2D eigenvalue weighted by atomic mass is 10.0. The van der Waals surface area contributed by atoms with E-state index in [9.17, 15) is 4.79 Å². The Kier molecular flexibility index (Phi) is 3.88. The molecule has 1 heterocycles. The van der Waals surface area contributed by atoms with Gasteiger partial charge < -0.3 is 15.8 Å². The van der Waals surface area contributed by atoms with E-state index in [1.54, 1.807) is 0 Å². The number of nitrogens with one attached hydrogen (secondary N) is 1. The van der Waals surface area contributed by atoms with Crippen LogP contribution in [0, 0.1) is 0 Å². The summed E-state index contributed by atoms with van der Waals surface area (Å²) in [6.45, 7) is 1.05. The van der Waals surface area contributed by atoms with Crippen LogP contribution in [-0.2, 0) is 24.4 Å². The summed E-state index contributed by atoms with van der Waals surface area (Å²) in [5.74, 6) is 0.901. The van der Waals surface area contributed by atoms with E-state index in [0.717, 1.165) is 34.5 Å². The maximum Gasteiger partial charge on any atom is 0.224 e. The van der Waals surface area contributed by atoms with Crippen LogP contribution in [0.5, 0.6) is 5.75 Å². The lowest BCUT2D eigenvalue weighted by Gasteiger charge is -2.17. The molecule has 3 N–H and O–H groups in total. The van der Waals surface area contributed by atoms with Crippen LogP contribution in [0.25, 0.3) is 0 Å². The summed E-state index contributed by atoms with van der Waals surface area (Å²) >= 11 is 0. The highest BCUT2D eigenvalue weighted by Gasteiger charge is 2.14. The molecule has 108 valence electrons. The minimum atomic E-state index is 0.0785. The van der Waals surface area contributed by atoms with Gasteiger partial charge >= 0.3 is 0 Å². The number of nitrogens with two attached hydrogens (primary N) is 1. The van der Waals surface area contributed by atoms with Crippen molar-refractivity contribution in [1.82, 2.24) is 0 Å². The molecule has 1 aliphatic rings. The number of carbonyl (C=O) groups is 1. The van der Waals surface area contributed by atoms with E-state index in [-0.39, 0.29) is 5.91 Å². The summed E-state index contributed by atoms with van der Waals surface area (Å²) < 4.78 is 5.83. The molecule has 2 aromatic rings. The number of fused-ring (bicyclic) bond motifs is 1. The molecule has 0 saturated heterocycles. The van der Waals surface area contributed by atoms with Crippen LogP contribution >= 0.6 is 0 Å². The number of aryl methyl sites for hydroxylation is 1. The predicted molar refractivity (Wildman–Crippen MR) is 82.1 cm³/mol. The fourth-order valence-electron chi connectivity index (χ4n) is 2.46. The molecule has 2 aromatic carbocycles. The van der Waals surface area contributed by atoms with Gasteiger partial charge in [-0.1, -0.05) is 24.3 Å². The molecule has 1 aliphatic heterocycles. The zero-order chi connectivity index (χ0) is 14.7. The quantitative estimate of drug-likeness (QED) is 0.906. The molecular weight excluding hydrogens is 264 g/mol. The second kappa shape index (κ2) is 5.97. The smallest absolute Gasteiger partial charge is 0.224 e. The SMILES string of the molecule is NCc1cccc(COc2ccc3c(c2)CCC(=O)N3)c1. The molecule has 0 saturated carbocycles. The molecule has 0 radical (unpaired) electrons. The summed E-state index contributed by atoms with van der Waals surface area (Å²) in [5.41, 5.74) is 9.86. The highest BCUT2D eigenvalue weighted by molar-refractivity contribution is 5.93.